The highest BCUT2D eigenvalue weighted by Gasteiger charge is 2.36. The van der Waals surface area contributed by atoms with E-state index < -0.39 is 0 Å². The Balaban J connectivity index is 1.66. The van der Waals surface area contributed by atoms with E-state index in [1.807, 2.05) is 6.92 Å². The van der Waals surface area contributed by atoms with Crippen LogP contribution in [0.2, 0.25) is 0 Å². The quantitative estimate of drug-likeness (QED) is 0.738. The van der Waals surface area contributed by atoms with E-state index in [9.17, 15) is 0 Å². The van der Waals surface area contributed by atoms with Crippen molar-refractivity contribution in [2.75, 3.05) is 39.8 Å². The van der Waals surface area contributed by atoms with Gasteiger partial charge in [-0.2, -0.15) is 0 Å². The summed E-state index contributed by atoms with van der Waals surface area (Å²) in [6, 6.07) is 9.20. The monoisotopic (exact) mass is 386 g/mol. The van der Waals surface area contributed by atoms with Gasteiger partial charge in [0, 0.05) is 5.56 Å². The lowest BCUT2D eigenvalue weighted by Gasteiger charge is -2.33. The van der Waals surface area contributed by atoms with Crippen molar-refractivity contribution < 1.29 is 14.5 Å². The number of piperazine rings is 1. The van der Waals surface area contributed by atoms with Crippen molar-refractivity contribution in [3.8, 4) is 5.75 Å². The van der Waals surface area contributed by atoms with Gasteiger partial charge in [0.25, 0.3) is 0 Å². The summed E-state index contributed by atoms with van der Waals surface area (Å²) in [5.74, 6) is 1.96. The van der Waals surface area contributed by atoms with Crippen molar-refractivity contribution >= 4 is 0 Å². The van der Waals surface area contributed by atoms with Crippen LogP contribution in [-0.4, -0.2) is 60.0 Å². The maximum absolute atomic E-state index is 5.65. The Morgan fingerprint density at radius 1 is 1.07 bits per heavy atom. The SMILES string of the molecule is CCOc1ccc([C@H](c2nnnn2C2CCCCC2)[NH+]2CC[NH+](C)CC2)cc1. The van der Waals surface area contributed by atoms with Gasteiger partial charge in [-0.05, 0) is 54.5 Å². The van der Waals surface area contributed by atoms with E-state index in [0.717, 1.165) is 24.7 Å². The van der Waals surface area contributed by atoms with Crippen LogP contribution in [0.1, 0.15) is 62.5 Å². The number of rotatable bonds is 6. The zero-order valence-corrected chi connectivity index (χ0v) is 17.2. The first-order chi connectivity index (χ1) is 13.8. The van der Waals surface area contributed by atoms with E-state index in [2.05, 4.69) is 51.5 Å². The Hall–Kier alpha value is -1.99. The minimum atomic E-state index is 0.181. The predicted molar refractivity (Wildman–Crippen MR) is 107 cm³/mol. The first-order valence-corrected chi connectivity index (χ1v) is 10.9. The lowest BCUT2D eigenvalue weighted by atomic mass is 9.95. The highest BCUT2D eigenvalue weighted by molar-refractivity contribution is 5.30. The molecule has 0 bridgehead atoms. The fourth-order valence-corrected chi connectivity index (χ4v) is 4.75. The smallest absolute Gasteiger partial charge is 0.214 e. The third kappa shape index (κ3) is 4.20. The van der Waals surface area contributed by atoms with Crippen molar-refractivity contribution in [1.29, 1.82) is 0 Å². The summed E-state index contributed by atoms with van der Waals surface area (Å²) in [5.41, 5.74) is 1.28. The number of hydrogen-bond donors (Lipinski definition) is 2. The molecule has 1 atom stereocenters. The lowest BCUT2D eigenvalue weighted by molar-refractivity contribution is -1.02. The standard InChI is InChI=1S/C21H32N6O/c1-3-28-19-11-9-17(10-12-19)20(26-15-13-25(2)14-16-26)21-22-23-24-27(21)18-7-5-4-6-8-18/h9-12,18,20H,3-8,13-16H2,1-2H3/p+2/t20-/m1/s1. The number of nitrogens with one attached hydrogen (secondary N) is 2. The Morgan fingerprint density at radius 2 is 1.79 bits per heavy atom. The minimum Gasteiger partial charge on any atom is -0.494 e. The zero-order chi connectivity index (χ0) is 19.3. The van der Waals surface area contributed by atoms with Gasteiger partial charge in [0.05, 0.1) is 19.7 Å². The molecule has 7 nitrogen and oxygen atoms in total. The second-order valence-electron chi connectivity index (χ2n) is 8.32. The molecule has 2 heterocycles. The van der Waals surface area contributed by atoms with Gasteiger partial charge in [0.1, 0.15) is 31.9 Å². The molecule has 1 aromatic heterocycles. The Kier molecular flexibility index (Phi) is 6.22. The number of hydrogen-bond acceptors (Lipinski definition) is 4. The molecule has 2 N–H and O–H groups in total. The van der Waals surface area contributed by atoms with Gasteiger partial charge in [0.15, 0.2) is 6.04 Å². The number of aromatic nitrogens is 4. The van der Waals surface area contributed by atoms with E-state index in [0.29, 0.717) is 12.6 Å². The van der Waals surface area contributed by atoms with E-state index in [4.69, 9.17) is 4.74 Å². The van der Waals surface area contributed by atoms with Gasteiger partial charge in [-0.25, -0.2) is 4.68 Å². The highest BCUT2D eigenvalue weighted by Crippen LogP contribution is 2.30. The Bertz CT molecular complexity index is 732. The molecule has 152 valence electrons. The minimum absolute atomic E-state index is 0.181. The average molecular weight is 387 g/mol. The van der Waals surface area contributed by atoms with Crippen molar-refractivity contribution in [3.05, 3.63) is 35.7 Å². The van der Waals surface area contributed by atoms with E-state index >= 15 is 0 Å². The number of tetrazole rings is 1. The molecule has 4 rings (SSSR count). The van der Waals surface area contributed by atoms with Crippen LogP contribution in [0.4, 0.5) is 0 Å². The molecule has 0 amide bonds. The van der Waals surface area contributed by atoms with Gasteiger partial charge in [-0.15, -0.1) is 5.10 Å². The predicted octanol–water partition coefficient (Wildman–Crippen LogP) is 0.0796. The molecular weight excluding hydrogens is 352 g/mol. The van der Waals surface area contributed by atoms with Crippen LogP contribution in [0.5, 0.6) is 5.75 Å². The fourth-order valence-electron chi connectivity index (χ4n) is 4.75. The zero-order valence-electron chi connectivity index (χ0n) is 17.2. The topological polar surface area (TPSA) is 61.7 Å². The fraction of sp³-hybridized carbons (Fsp3) is 0.667. The summed E-state index contributed by atoms with van der Waals surface area (Å²) in [4.78, 5) is 3.18. The molecule has 2 aromatic rings. The molecule has 2 fully saturated rings. The second-order valence-corrected chi connectivity index (χ2v) is 8.32. The number of likely N-dealkylation sites (N-methyl/N-ethyl adjacent to an activating group) is 1. The van der Waals surface area contributed by atoms with Gasteiger partial charge in [-0.3, -0.25) is 0 Å². The summed E-state index contributed by atoms with van der Waals surface area (Å²) in [5, 5.41) is 13.1. The first-order valence-electron chi connectivity index (χ1n) is 10.9. The van der Waals surface area contributed by atoms with E-state index in [1.165, 1.54) is 50.8 Å². The van der Waals surface area contributed by atoms with Crippen molar-refractivity contribution in [1.82, 2.24) is 20.2 Å². The van der Waals surface area contributed by atoms with E-state index in [1.54, 1.807) is 9.80 Å². The molecule has 1 saturated heterocycles. The van der Waals surface area contributed by atoms with Crippen molar-refractivity contribution in [3.63, 3.8) is 0 Å². The van der Waals surface area contributed by atoms with Crippen molar-refractivity contribution in [2.45, 2.75) is 51.1 Å². The summed E-state index contributed by atoms with van der Waals surface area (Å²) < 4.78 is 7.81. The largest absolute Gasteiger partial charge is 0.494 e. The summed E-state index contributed by atoms with van der Waals surface area (Å²) in [6.45, 7) is 7.37. The Labute approximate surface area is 167 Å². The molecule has 1 saturated carbocycles. The number of quaternary nitrogens is 2. The number of ether oxygens (including phenoxy) is 1. The van der Waals surface area contributed by atoms with Gasteiger partial charge in [0.2, 0.25) is 5.82 Å². The first kappa shape index (κ1) is 19.3. The van der Waals surface area contributed by atoms with Crippen LogP contribution in [-0.2, 0) is 0 Å². The van der Waals surface area contributed by atoms with Crippen LogP contribution in [0.15, 0.2) is 24.3 Å². The van der Waals surface area contributed by atoms with Gasteiger partial charge >= 0.3 is 0 Å². The molecule has 1 aliphatic heterocycles. The van der Waals surface area contributed by atoms with Crippen molar-refractivity contribution in [2.24, 2.45) is 0 Å². The molecule has 0 radical (unpaired) electrons. The van der Waals surface area contributed by atoms with Gasteiger partial charge in [-0.1, -0.05) is 19.3 Å². The number of nitrogens with zero attached hydrogens (tertiary/aromatic N) is 4. The molecule has 7 heteroatoms. The third-order valence-corrected chi connectivity index (χ3v) is 6.38. The van der Waals surface area contributed by atoms with Crippen LogP contribution in [0.3, 0.4) is 0 Å². The summed E-state index contributed by atoms with van der Waals surface area (Å²) in [7, 11) is 2.29. The highest BCUT2D eigenvalue weighted by atomic mass is 16.5. The van der Waals surface area contributed by atoms with Crippen LogP contribution in [0, 0.1) is 0 Å². The maximum Gasteiger partial charge on any atom is 0.214 e. The average Bonchev–Trinajstić information content (AvgIpc) is 3.21. The normalized spacial score (nSPS) is 24.8. The number of benzene rings is 1. The molecule has 0 unspecified atom stereocenters. The Morgan fingerprint density at radius 3 is 2.46 bits per heavy atom. The molecule has 28 heavy (non-hydrogen) atoms. The second kappa shape index (κ2) is 9.01. The molecule has 2 aliphatic rings. The molecule has 0 spiro atoms. The van der Waals surface area contributed by atoms with E-state index in [-0.39, 0.29) is 6.04 Å². The van der Waals surface area contributed by atoms with Crippen LogP contribution in [0.25, 0.3) is 0 Å². The lowest BCUT2D eigenvalue weighted by Crippen LogP contribution is -3.27. The van der Waals surface area contributed by atoms with Crippen LogP contribution < -0.4 is 14.5 Å². The summed E-state index contributed by atoms with van der Waals surface area (Å²) in [6.07, 6.45) is 6.28. The van der Waals surface area contributed by atoms with Gasteiger partial charge < -0.3 is 14.5 Å². The maximum atomic E-state index is 5.65. The molecule has 1 aliphatic carbocycles. The van der Waals surface area contributed by atoms with Crippen LogP contribution >= 0.6 is 0 Å². The molecule has 1 aromatic carbocycles. The third-order valence-electron chi connectivity index (χ3n) is 6.38. The summed E-state index contributed by atoms with van der Waals surface area (Å²) >= 11 is 0. The molecular formula is C21H34N6O+2.